The summed E-state index contributed by atoms with van der Waals surface area (Å²) in [7, 11) is 0. The van der Waals surface area contributed by atoms with Gasteiger partial charge in [0, 0.05) is 50.2 Å². The predicted molar refractivity (Wildman–Crippen MR) is 128 cm³/mol. The summed E-state index contributed by atoms with van der Waals surface area (Å²) in [5.74, 6) is 0.970. The Morgan fingerprint density at radius 3 is 2.13 bits per heavy atom. The monoisotopic (exact) mass is 447 g/mol. The number of ether oxygens (including phenoxy) is 1. The van der Waals surface area contributed by atoms with E-state index < -0.39 is 0 Å². The van der Waals surface area contributed by atoms with Crippen molar-refractivity contribution in [3.05, 3.63) is 52.5 Å². The molecule has 0 atom stereocenters. The zero-order chi connectivity index (χ0) is 20.8. The second kappa shape index (κ2) is 10.6. The molecule has 2 aliphatic rings. The number of halogens is 2. The summed E-state index contributed by atoms with van der Waals surface area (Å²) in [6, 6.07) is 14.4. The average molecular weight is 448 g/mol. The van der Waals surface area contributed by atoms with Gasteiger partial charge in [0.1, 0.15) is 5.75 Å². The lowest BCUT2D eigenvalue weighted by atomic mass is 10.1. The molecule has 2 aliphatic heterocycles. The highest BCUT2D eigenvalue weighted by molar-refractivity contribution is 6.42. The van der Waals surface area contributed by atoms with Crippen LogP contribution in [-0.4, -0.2) is 57.3 Å². The molecule has 0 saturated carbocycles. The van der Waals surface area contributed by atoms with Crippen molar-refractivity contribution in [2.24, 2.45) is 0 Å². The van der Waals surface area contributed by atoms with Gasteiger partial charge in [-0.3, -0.25) is 0 Å². The number of likely N-dealkylation sites (tertiary alicyclic amines) is 1. The van der Waals surface area contributed by atoms with Gasteiger partial charge in [-0.25, -0.2) is 0 Å². The molecule has 162 valence electrons. The van der Waals surface area contributed by atoms with Gasteiger partial charge in [0.05, 0.1) is 16.7 Å². The quantitative estimate of drug-likeness (QED) is 0.515. The fourth-order valence-corrected chi connectivity index (χ4v) is 4.63. The van der Waals surface area contributed by atoms with E-state index in [0.717, 1.165) is 57.2 Å². The van der Waals surface area contributed by atoms with Crippen LogP contribution < -0.4 is 14.5 Å². The molecule has 4 nitrogen and oxygen atoms in total. The maximum Gasteiger partial charge on any atom is 0.121 e. The van der Waals surface area contributed by atoms with Crippen molar-refractivity contribution in [1.82, 2.24) is 4.90 Å². The van der Waals surface area contributed by atoms with E-state index in [9.17, 15) is 0 Å². The molecule has 4 rings (SSSR count). The molecule has 2 aromatic carbocycles. The second-order valence-electron chi connectivity index (χ2n) is 8.17. The molecule has 0 radical (unpaired) electrons. The predicted octanol–water partition coefficient (Wildman–Crippen LogP) is 5.57. The summed E-state index contributed by atoms with van der Waals surface area (Å²) >= 11 is 12.2. The third kappa shape index (κ3) is 5.75. The second-order valence-corrected chi connectivity index (χ2v) is 8.99. The van der Waals surface area contributed by atoms with Crippen molar-refractivity contribution in [3.8, 4) is 5.75 Å². The highest BCUT2D eigenvalue weighted by Gasteiger charge is 2.18. The first-order valence-electron chi connectivity index (χ1n) is 11.1. The first kappa shape index (κ1) is 21.6. The highest BCUT2D eigenvalue weighted by Crippen LogP contribution is 2.29. The fraction of sp³-hybridized carbons (Fsp3) is 0.500. The molecular formula is C24H31Cl2N3O. The third-order valence-corrected chi connectivity index (χ3v) is 6.81. The minimum atomic E-state index is 0.604. The molecule has 0 amide bonds. The van der Waals surface area contributed by atoms with Crippen LogP contribution in [0.4, 0.5) is 11.4 Å². The molecule has 0 N–H and O–H groups in total. The summed E-state index contributed by atoms with van der Waals surface area (Å²) in [5.41, 5.74) is 2.37. The van der Waals surface area contributed by atoms with Gasteiger partial charge >= 0.3 is 0 Å². The van der Waals surface area contributed by atoms with E-state index in [0.29, 0.717) is 10.0 Å². The van der Waals surface area contributed by atoms with E-state index in [4.69, 9.17) is 27.9 Å². The number of piperazine rings is 1. The van der Waals surface area contributed by atoms with Crippen molar-refractivity contribution in [3.63, 3.8) is 0 Å². The number of benzene rings is 2. The first-order chi connectivity index (χ1) is 14.7. The van der Waals surface area contributed by atoms with Crippen LogP contribution in [0.15, 0.2) is 42.5 Å². The number of piperidine rings is 1. The van der Waals surface area contributed by atoms with Crippen molar-refractivity contribution < 1.29 is 4.74 Å². The van der Waals surface area contributed by atoms with Gasteiger partial charge in [-0.15, -0.1) is 0 Å². The van der Waals surface area contributed by atoms with E-state index in [2.05, 4.69) is 39.0 Å². The molecule has 0 unspecified atom stereocenters. The lowest BCUT2D eigenvalue weighted by molar-refractivity contribution is 0.205. The molecule has 30 heavy (non-hydrogen) atoms. The maximum atomic E-state index is 6.19. The molecule has 2 aromatic rings. The largest absolute Gasteiger partial charge is 0.493 e. The minimum Gasteiger partial charge on any atom is -0.493 e. The van der Waals surface area contributed by atoms with E-state index in [-0.39, 0.29) is 0 Å². The molecule has 0 bridgehead atoms. The number of nitrogens with zero attached hydrogens (tertiary/aromatic N) is 3. The summed E-state index contributed by atoms with van der Waals surface area (Å²) < 4.78 is 6.05. The molecule has 2 fully saturated rings. The topological polar surface area (TPSA) is 19.0 Å². The van der Waals surface area contributed by atoms with Gasteiger partial charge in [0.25, 0.3) is 0 Å². The standard InChI is InChI=1S/C24H31Cl2N3O/c25-23-9-8-21(19-24(23)26)29-15-13-28(14-16-29)20-6-4-7-22(18-20)30-17-5-12-27-10-2-1-3-11-27/h4,6-9,18-19H,1-3,5,10-17H2. The van der Waals surface area contributed by atoms with Crippen LogP contribution in [0.2, 0.25) is 10.0 Å². The van der Waals surface area contributed by atoms with Crippen LogP contribution in [0, 0.1) is 0 Å². The first-order valence-corrected chi connectivity index (χ1v) is 11.8. The van der Waals surface area contributed by atoms with E-state index in [1.54, 1.807) is 0 Å². The van der Waals surface area contributed by atoms with Gasteiger partial charge in [-0.05, 0) is 62.7 Å². The van der Waals surface area contributed by atoms with Crippen LogP contribution in [0.25, 0.3) is 0 Å². The zero-order valence-electron chi connectivity index (χ0n) is 17.5. The van der Waals surface area contributed by atoms with E-state index in [1.165, 1.54) is 38.0 Å². The minimum absolute atomic E-state index is 0.604. The highest BCUT2D eigenvalue weighted by atomic mass is 35.5. The van der Waals surface area contributed by atoms with Crippen molar-refractivity contribution in [2.45, 2.75) is 25.7 Å². The SMILES string of the molecule is Clc1ccc(N2CCN(c3cccc(OCCCN4CCCCC4)c3)CC2)cc1Cl. The smallest absolute Gasteiger partial charge is 0.121 e. The number of anilines is 2. The maximum absolute atomic E-state index is 6.19. The Balaban J connectivity index is 1.25. The summed E-state index contributed by atoms with van der Waals surface area (Å²) in [4.78, 5) is 7.35. The van der Waals surface area contributed by atoms with Gasteiger partial charge in [-0.2, -0.15) is 0 Å². The molecule has 6 heteroatoms. The average Bonchev–Trinajstić information content (AvgIpc) is 2.80. The van der Waals surface area contributed by atoms with Crippen LogP contribution >= 0.6 is 23.2 Å². The lowest BCUT2D eigenvalue weighted by Crippen LogP contribution is -2.46. The van der Waals surface area contributed by atoms with Crippen molar-refractivity contribution in [1.29, 1.82) is 0 Å². The summed E-state index contributed by atoms with van der Waals surface area (Å²) in [6.07, 6.45) is 5.18. The van der Waals surface area contributed by atoms with Gasteiger partial charge in [0.15, 0.2) is 0 Å². The summed E-state index contributed by atoms with van der Waals surface area (Å²) in [6.45, 7) is 8.30. The van der Waals surface area contributed by atoms with Crippen LogP contribution in [0.3, 0.4) is 0 Å². The van der Waals surface area contributed by atoms with Gasteiger partial charge < -0.3 is 19.4 Å². The Hall–Kier alpha value is -1.62. The van der Waals surface area contributed by atoms with Crippen molar-refractivity contribution in [2.75, 3.05) is 62.2 Å². The summed E-state index contributed by atoms with van der Waals surface area (Å²) in [5, 5.41) is 1.22. The van der Waals surface area contributed by atoms with Crippen LogP contribution in [0.5, 0.6) is 5.75 Å². The van der Waals surface area contributed by atoms with Crippen molar-refractivity contribution >= 4 is 34.6 Å². The molecule has 0 spiro atoms. The molecule has 2 heterocycles. The fourth-order valence-electron chi connectivity index (χ4n) is 4.34. The Kier molecular flexibility index (Phi) is 7.64. The van der Waals surface area contributed by atoms with E-state index >= 15 is 0 Å². The van der Waals surface area contributed by atoms with Crippen LogP contribution in [0.1, 0.15) is 25.7 Å². The number of hydrogen-bond acceptors (Lipinski definition) is 4. The van der Waals surface area contributed by atoms with Gasteiger partial charge in [0.2, 0.25) is 0 Å². The Morgan fingerprint density at radius 2 is 1.43 bits per heavy atom. The zero-order valence-corrected chi connectivity index (χ0v) is 19.0. The molecular weight excluding hydrogens is 417 g/mol. The van der Waals surface area contributed by atoms with Crippen LogP contribution in [-0.2, 0) is 0 Å². The molecule has 0 aliphatic carbocycles. The number of rotatable bonds is 7. The van der Waals surface area contributed by atoms with E-state index in [1.807, 2.05) is 18.2 Å². The molecule has 0 aromatic heterocycles. The third-order valence-electron chi connectivity index (χ3n) is 6.07. The Labute approximate surface area is 190 Å². The normalized spacial score (nSPS) is 17.9. The lowest BCUT2D eigenvalue weighted by Gasteiger charge is -2.37. The molecule has 2 saturated heterocycles. The number of hydrogen-bond donors (Lipinski definition) is 0. The Morgan fingerprint density at radius 1 is 0.733 bits per heavy atom. The Bertz CT molecular complexity index is 818. The van der Waals surface area contributed by atoms with Gasteiger partial charge in [-0.1, -0.05) is 35.7 Å².